The number of nitriles is 1. The first-order chi connectivity index (χ1) is 13.3. The first-order valence-corrected chi connectivity index (χ1v) is 10.3. The SMILES string of the molecule is CC(C)OC(=O)C1=C(c2cccc(I)c2)C(C(=O)OCCC#N)C(C)NC1C. The summed E-state index contributed by atoms with van der Waals surface area (Å²) in [7, 11) is 0. The van der Waals surface area contributed by atoms with Crippen LogP contribution in [0.2, 0.25) is 0 Å². The van der Waals surface area contributed by atoms with Crippen molar-refractivity contribution in [2.24, 2.45) is 5.92 Å². The molecule has 0 radical (unpaired) electrons. The number of halogens is 1. The third-order valence-electron chi connectivity index (χ3n) is 4.46. The molecule has 1 heterocycles. The Labute approximate surface area is 179 Å². The molecule has 0 aromatic heterocycles. The zero-order valence-electron chi connectivity index (χ0n) is 16.5. The lowest BCUT2D eigenvalue weighted by molar-refractivity contribution is -0.147. The van der Waals surface area contributed by atoms with Crippen LogP contribution in [0.1, 0.15) is 39.7 Å². The van der Waals surface area contributed by atoms with Gasteiger partial charge in [0.2, 0.25) is 0 Å². The van der Waals surface area contributed by atoms with Crippen molar-refractivity contribution in [3.05, 3.63) is 39.0 Å². The highest BCUT2D eigenvalue weighted by atomic mass is 127. The van der Waals surface area contributed by atoms with Gasteiger partial charge in [0.25, 0.3) is 0 Å². The molecule has 0 fully saturated rings. The second-order valence-electron chi connectivity index (χ2n) is 7.02. The highest BCUT2D eigenvalue weighted by Crippen LogP contribution is 2.37. The Morgan fingerprint density at radius 2 is 2.04 bits per heavy atom. The Hall–Kier alpha value is -1.92. The van der Waals surface area contributed by atoms with Crippen molar-refractivity contribution in [1.82, 2.24) is 5.32 Å². The molecule has 3 unspecified atom stereocenters. The summed E-state index contributed by atoms with van der Waals surface area (Å²) in [6, 6.07) is 9.12. The van der Waals surface area contributed by atoms with Gasteiger partial charge in [-0.2, -0.15) is 5.26 Å². The van der Waals surface area contributed by atoms with E-state index in [1.54, 1.807) is 13.8 Å². The zero-order valence-corrected chi connectivity index (χ0v) is 18.6. The summed E-state index contributed by atoms with van der Waals surface area (Å²) in [6.07, 6.45) is -0.147. The van der Waals surface area contributed by atoms with E-state index in [9.17, 15) is 9.59 Å². The van der Waals surface area contributed by atoms with Crippen LogP contribution in [-0.4, -0.2) is 36.7 Å². The van der Waals surface area contributed by atoms with E-state index in [2.05, 4.69) is 27.9 Å². The van der Waals surface area contributed by atoms with Crippen molar-refractivity contribution in [3.63, 3.8) is 0 Å². The van der Waals surface area contributed by atoms with Gasteiger partial charge in [-0.15, -0.1) is 0 Å². The van der Waals surface area contributed by atoms with E-state index in [-0.39, 0.29) is 31.2 Å². The quantitative estimate of drug-likeness (QED) is 0.369. The molecule has 0 aliphatic carbocycles. The summed E-state index contributed by atoms with van der Waals surface area (Å²) >= 11 is 2.20. The molecule has 1 aromatic carbocycles. The summed E-state index contributed by atoms with van der Waals surface area (Å²) in [5.41, 5.74) is 1.87. The minimum atomic E-state index is -0.678. The number of esters is 2. The number of nitrogens with zero attached hydrogens (tertiary/aromatic N) is 1. The standard InChI is InChI=1S/C21H25IN2O4/c1-12(2)28-21(26)18-14(4)24-13(3)17(20(25)27-10-6-9-23)19(18)15-7-5-8-16(22)11-15/h5,7-8,11-14,17,24H,6,10H2,1-4H3. The van der Waals surface area contributed by atoms with Crippen LogP contribution in [0.25, 0.3) is 5.57 Å². The van der Waals surface area contributed by atoms with Crippen molar-refractivity contribution in [3.8, 4) is 6.07 Å². The van der Waals surface area contributed by atoms with E-state index in [1.165, 1.54) is 0 Å². The maximum Gasteiger partial charge on any atom is 0.336 e. The summed E-state index contributed by atoms with van der Waals surface area (Å²) in [5, 5.41) is 12.0. The predicted octanol–water partition coefficient (Wildman–Crippen LogP) is 3.45. The molecule has 3 atom stereocenters. The molecular weight excluding hydrogens is 471 g/mol. The van der Waals surface area contributed by atoms with Gasteiger partial charge in [-0.25, -0.2) is 4.79 Å². The summed E-state index contributed by atoms with van der Waals surface area (Å²) in [5.74, 6) is -1.57. The maximum absolute atomic E-state index is 12.9. The summed E-state index contributed by atoms with van der Waals surface area (Å²) in [6.45, 7) is 7.39. The lowest BCUT2D eigenvalue weighted by atomic mass is 9.78. The second-order valence-corrected chi connectivity index (χ2v) is 8.27. The summed E-state index contributed by atoms with van der Waals surface area (Å²) in [4.78, 5) is 25.8. The minimum absolute atomic E-state index is 0.0273. The lowest BCUT2D eigenvalue weighted by Gasteiger charge is -2.36. The van der Waals surface area contributed by atoms with Gasteiger partial charge >= 0.3 is 11.9 Å². The number of rotatable bonds is 6. The first-order valence-electron chi connectivity index (χ1n) is 9.26. The fourth-order valence-electron chi connectivity index (χ4n) is 3.39. The van der Waals surface area contributed by atoms with E-state index < -0.39 is 17.9 Å². The van der Waals surface area contributed by atoms with Gasteiger partial charge in [-0.05, 0) is 73.6 Å². The fraction of sp³-hybridized carbons (Fsp3) is 0.476. The molecular formula is C21H25IN2O4. The van der Waals surface area contributed by atoms with Crippen LogP contribution >= 0.6 is 22.6 Å². The van der Waals surface area contributed by atoms with Crippen molar-refractivity contribution < 1.29 is 19.1 Å². The Balaban J connectivity index is 2.60. The molecule has 1 aromatic rings. The molecule has 1 N–H and O–H groups in total. The van der Waals surface area contributed by atoms with Crippen LogP contribution in [0, 0.1) is 20.8 Å². The molecule has 150 valence electrons. The number of hydrogen-bond acceptors (Lipinski definition) is 6. The molecule has 0 saturated heterocycles. The Bertz CT molecular complexity index is 813. The third kappa shape index (κ3) is 5.32. The van der Waals surface area contributed by atoms with Crippen molar-refractivity contribution in [2.75, 3.05) is 6.61 Å². The van der Waals surface area contributed by atoms with E-state index in [0.29, 0.717) is 11.1 Å². The van der Waals surface area contributed by atoms with Gasteiger partial charge in [0, 0.05) is 15.7 Å². The van der Waals surface area contributed by atoms with Gasteiger partial charge in [-0.3, -0.25) is 4.79 Å². The average molecular weight is 496 g/mol. The highest BCUT2D eigenvalue weighted by molar-refractivity contribution is 14.1. The number of nitrogens with one attached hydrogen (secondary N) is 1. The van der Waals surface area contributed by atoms with E-state index in [4.69, 9.17) is 14.7 Å². The monoisotopic (exact) mass is 496 g/mol. The van der Waals surface area contributed by atoms with Crippen LogP contribution < -0.4 is 5.32 Å². The molecule has 0 saturated carbocycles. The molecule has 7 heteroatoms. The lowest BCUT2D eigenvalue weighted by Crippen LogP contribution is -2.50. The average Bonchev–Trinajstić information content (AvgIpc) is 2.60. The second kappa shape index (κ2) is 10.0. The van der Waals surface area contributed by atoms with E-state index in [0.717, 1.165) is 9.13 Å². The van der Waals surface area contributed by atoms with Crippen LogP contribution in [0.5, 0.6) is 0 Å². The Morgan fingerprint density at radius 3 is 2.64 bits per heavy atom. The van der Waals surface area contributed by atoms with Gasteiger partial charge in [0.05, 0.1) is 30.1 Å². The van der Waals surface area contributed by atoms with Crippen molar-refractivity contribution in [1.29, 1.82) is 5.26 Å². The molecule has 0 bridgehead atoms. The number of ether oxygens (including phenoxy) is 2. The molecule has 0 amide bonds. The van der Waals surface area contributed by atoms with E-state index in [1.807, 2.05) is 44.2 Å². The molecule has 6 nitrogen and oxygen atoms in total. The van der Waals surface area contributed by atoms with Crippen molar-refractivity contribution >= 4 is 40.1 Å². The summed E-state index contributed by atoms with van der Waals surface area (Å²) < 4.78 is 11.8. The van der Waals surface area contributed by atoms with Crippen LogP contribution in [0.15, 0.2) is 29.8 Å². The minimum Gasteiger partial charge on any atom is -0.464 e. The van der Waals surface area contributed by atoms with Crippen LogP contribution in [-0.2, 0) is 19.1 Å². The third-order valence-corrected chi connectivity index (χ3v) is 5.13. The van der Waals surface area contributed by atoms with Gasteiger partial charge < -0.3 is 14.8 Å². The molecule has 1 aliphatic rings. The zero-order chi connectivity index (χ0) is 20.8. The predicted molar refractivity (Wildman–Crippen MR) is 114 cm³/mol. The maximum atomic E-state index is 12.9. The van der Waals surface area contributed by atoms with Crippen LogP contribution in [0.3, 0.4) is 0 Å². The topological polar surface area (TPSA) is 88.4 Å². The fourth-order valence-corrected chi connectivity index (χ4v) is 3.93. The van der Waals surface area contributed by atoms with Gasteiger partial charge in [-0.1, -0.05) is 12.1 Å². The van der Waals surface area contributed by atoms with Gasteiger partial charge in [0.1, 0.15) is 6.61 Å². The molecule has 2 rings (SSSR count). The normalized spacial score (nSPS) is 22.0. The van der Waals surface area contributed by atoms with Gasteiger partial charge in [0.15, 0.2) is 0 Å². The number of carbonyl (C=O) groups excluding carboxylic acids is 2. The highest BCUT2D eigenvalue weighted by Gasteiger charge is 2.41. The van der Waals surface area contributed by atoms with Crippen molar-refractivity contribution in [2.45, 2.75) is 52.3 Å². The van der Waals surface area contributed by atoms with Crippen LogP contribution in [0.4, 0.5) is 0 Å². The first kappa shape index (κ1) is 22.4. The number of hydrogen-bond donors (Lipinski definition) is 1. The molecule has 1 aliphatic heterocycles. The Morgan fingerprint density at radius 1 is 1.32 bits per heavy atom. The molecule has 0 spiro atoms. The smallest absolute Gasteiger partial charge is 0.336 e. The van der Waals surface area contributed by atoms with E-state index >= 15 is 0 Å². The number of benzene rings is 1. The molecule has 28 heavy (non-hydrogen) atoms. The number of carbonyl (C=O) groups is 2. The largest absolute Gasteiger partial charge is 0.464 e. The Kier molecular flexibility index (Phi) is 8.01.